The van der Waals surface area contributed by atoms with Crippen LogP contribution in [0.2, 0.25) is 5.32 Å². The first-order valence-electron chi connectivity index (χ1n) is 3.98. The molecule has 0 aliphatic rings. The van der Waals surface area contributed by atoms with Crippen molar-refractivity contribution in [3.8, 4) is 6.07 Å². The van der Waals surface area contributed by atoms with Gasteiger partial charge in [0.25, 0.3) is 0 Å². The summed E-state index contributed by atoms with van der Waals surface area (Å²) < 4.78 is 1.43. The Bertz CT molecular complexity index is 250. The Morgan fingerprint density at radius 3 is 2.67 bits per heavy atom. The molecule has 0 aromatic heterocycles. The first kappa shape index (κ1) is 9.32. The van der Waals surface area contributed by atoms with E-state index in [9.17, 15) is 0 Å². The third-order valence-electron chi connectivity index (χ3n) is 1.44. The van der Waals surface area contributed by atoms with Gasteiger partial charge in [0.2, 0.25) is 0 Å². The van der Waals surface area contributed by atoms with Crippen LogP contribution in [0, 0.1) is 11.3 Å². The van der Waals surface area contributed by atoms with Crippen molar-refractivity contribution in [2.45, 2.75) is 18.2 Å². The van der Waals surface area contributed by atoms with E-state index in [4.69, 9.17) is 5.26 Å². The fraction of sp³-hybridized carbons (Fsp3) is 0.300. The predicted octanol–water partition coefficient (Wildman–Crippen LogP) is 1.74. The standard InChI is InChI=1S/C10H11NSe/c11-8-4-5-9-12-10-6-2-1-3-7-10/h1-3,6-7H,4-5,9H2. The normalized spacial score (nSPS) is 9.25. The van der Waals surface area contributed by atoms with Crippen LogP contribution >= 0.6 is 0 Å². The van der Waals surface area contributed by atoms with E-state index in [-0.39, 0.29) is 0 Å². The maximum absolute atomic E-state index is 8.32. The zero-order chi connectivity index (χ0) is 8.65. The second-order valence-electron chi connectivity index (χ2n) is 2.42. The molecule has 1 rings (SSSR count). The Morgan fingerprint density at radius 1 is 1.25 bits per heavy atom. The fourth-order valence-corrected chi connectivity index (χ4v) is 2.69. The van der Waals surface area contributed by atoms with Gasteiger partial charge in [0, 0.05) is 0 Å². The van der Waals surface area contributed by atoms with Gasteiger partial charge >= 0.3 is 79.2 Å². The number of unbranched alkanes of at least 4 members (excludes halogenated alkanes) is 1. The van der Waals surface area contributed by atoms with Gasteiger partial charge in [-0.25, -0.2) is 0 Å². The molecule has 1 aromatic carbocycles. The maximum atomic E-state index is 8.32. The first-order chi connectivity index (χ1) is 5.93. The average molecular weight is 224 g/mol. The SMILES string of the molecule is N#CCCC[Se]c1ccccc1. The molecule has 0 saturated heterocycles. The van der Waals surface area contributed by atoms with E-state index in [0.29, 0.717) is 21.4 Å². The molecule has 0 atom stereocenters. The van der Waals surface area contributed by atoms with E-state index in [1.807, 2.05) is 6.07 Å². The van der Waals surface area contributed by atoms with Crippen LogP contribution in [-0.4, -0.2) is 15.0 Å². The van der Waals surface area contributed by atoms with Crippen LogP contribution in [0.3, 0.4) is 0 Å². The van der Waals surface area contributed by atoms with E-state index in [0.717, 1.165) is 6.42 Å². The van der Waals surface area contributed by atoms with Crippen molar-refractivity contribution >= 4 is 19.4 Å². The molecular formula is C10H11NSe. The molecule has 0 fully saturated rings. The molecule has 0 heterocycles. The average Bonchev–Trinajstić information content (AvgIpc) is 2.14. The Balaban J connectivity index is 2.21. The summed E-state index contributed by atoms with van der Waals surface area (Å²) in [5, 5.41) is 9.51. The third-order valence-corrected chi connectivity index (χ3v) is 3.75. The van der Waals surface area contributed by atoms with Crippen molar-refractivity contribution in [3.05, 3.63) is 30.3 Å². The summed E-state index contributed by atoms with van der Waals surface area (Å²) in [5.74, 6) is 0. The minimum atomic E-state index is 0.568. The predicted molar refractivity (Wildman–Crippen MR) is 51.5 cm³/mol. The van der Waals surface area contributed by atoms with Gasteiger partial charge in [-0.05, 0) is 0 Å². The van der Waals surface area contributed by atoms with Crippen LogP contribution in [-0.2, 0) is 0 Å². The molecule has 1 aromatic rings. The number of benzene rings is 1. The topological polar surface area (TPSA) is 23.8 Å². The van der Waals surface area contributed by atoms with Gasteiger partial charge in [-0.15, -0.1) is 0 Å². The molecule has 0 saturated carbocycles. The van der Waals surface area contributed by atoms with Gasteiger partial charge in [0.1, 0.15) is 0 Å². The van der Waals surface area contributed by atoms with Crippen molar-refractivity contribution in [1.82, 2.24) is 0 Å². The van der Waals surface area contributed by atoms with Crippen LogP contribution < -0.4 is 4.46 Å². The van der Waals surface area contributed by atoms with E-state index in [1.54, 1.807) is 0 Å². The van der Waals surface area contributed by atoms with Crippen molar-refractivity contribution in [2.24, 2.45) is 0 Å². The van der Waals surface area contributed by atoms with Gasteiger partial charge in [-0.2, -0.15) is 0 Å². The van der Waals surface area contributed by atoms with Gasteiger partial charge in [-0.3, -0.25) is 0 Å². The molecule has 0 aliphatic heterocycles. The van der Waals surface area contributed by atoms with E-state index >= 15 is 0 Å². The first-order valence-corrected chi connectivity index (χ1v) is 6.05. The Hall–Kier alpha value is -0.771. The minimum absolute atomic E-state index is 0.568. The zero-order valence-electron chi connectivity index (χ0n) is 6.86. The molecule has 0 spiro atoms. The molecule has 1 nitrogen and oxygen atoms in total. The second-order valence-corrected chi connectivity index (χ2v) is 4.87. The number of nitriles is 1. The molecule has 0 bridgehead atoms. The molecule has 62 valence electrons. The number of hydrogen-bond acceptors (Lipinski definition) is 1. The summed E-state index contributed by atoms with van der Waals surface area (Å²) in [7, 11) is 0. The molecule has 0 amide bonds. The second kappa shape index (κ2) is 5.83. The van der Waals surface area contributed by atoms with Crippen LogP contribution in [0.15, 0.2) is 30.3 Å². The molecule has 0 radical (unpaired) electrons. The van der Waals surface area contributed by atoms with Crippen molar-refractivity contribution in [1.29, 1.82) is 5.26 Å². The molecule has 0 aliphatic carbocycles. The van der Waals surface area contributed by atoms with Crippen molar-refractivity contribution < 1.29 is 0 Å². The van der Waals surface area contributed by atoms with Gasteiger partial charge in [-0.1, -0.05) is 0 Å². The third kappa shape index (κ3) is 3.57. The fourth-order valence-electron chi connectivity index (χ4n) is 0.858. The van der Waals surface area contributed by atoms with Crippen LogP contribution in [0.5, 0.6) is 0 Å². The Morgan fingerprint density at radius 2 is 2.00 bits per heavy atom. The Labute approximate surface area is 79.6 Å². The zero-order valence-corrected chi connectivity index (χ0v) is 8.58. The number of hydrogen-bond donors (Lipinski definition) is 0. The summed E-state index contributed by atoms with van der Waals surface area (Å²) in [5.41, 5.74) is 0. The van der Waals surface area contributed by atoms with E-state index < -0.39 is 0 Å². The molecule has 2 heteroatoms. The van der Waals surface area contributed by atoms with Gasteiger partial charge < -0.3 is 0 Å². The Kier molecular flexibility index (Phi) is 4.52. The summed E-state index contributed by atoms with van der Waals surface area (Å²) in [6, 6.07) is 12.7. The van der Waals surface area contributed by atoms with Gasteiger partial charge in [0.05, 0.1) is 0 Å². The van der Waals surface area contributed by atoms with Crippen LogP contribution in [0.25, 0.3) is 0 Å². The van der Waals surface area contributed by atoms with E-state index in [2.05, 4.69) is 30.3 Å². The monoisotopic (exact) mass is 225 g/mol. The van der Waals surface area contributed by atoms with Gasteiger partial charge in [0.15, 0.2) is 0 Å². The quantitative estimate of drug-likeness (QED) is 0.564. The van der Waals surface area contributed by atoms with Crippen molar-refractivity contribution in [2.75, 3.05) is 0 Å². The summed E-state index contributed by atoms with van der Waals surface area (Å²) in [6.45, 7) is 0. The van der Waals surface area contributed by atoms with Crippen LogP contribution in [0.4, 0.5) is 0 Å². The molecule has 12 heavy (non-hydrogen) atoms. The summed E-state index contributed by atoms with van der Waals surface area (Å²) in [4.78, 5) is 0. The summed E-state index contributed by atoms with van der Waals surface area (Å²) in [6.07, 6.45) is 1.75. The van der Waals surface area contributed by atoms with Crippen molar-refractivity contribution in [3.63, 3.8) is 0 Å². The van der Waals surface area contributed by atoms with Crippen LogP contribution in [0.1, 0.15) is 12.8 Å². The molecule has 0 N–H and O–H groups in total. The summed E-state index contributed by atoms with van der Waals surface area (Å²) >= 11 is 0.568. The number of rotatable bonds is 4. The number of nitrogens with zero attached hydrogens (tertiary/aromatic N) is 1. The van der Waals surface area contributed by atoms with E-state index in [1.165, 1.54) is 9.78 Å². The molecule has 0 unspecified atom stereocenters. The molecular weight excluding hydrogens is 213 g/mol.